The van der Waals surface area contributed by atoms with Gasteiger partial charge in [-0.25, -0.2) is 4.39 Å². The van der Waals surface area contributed by atoms with Crippen LogP contribution in [0.5, 0.6) is 11.5 Å². The summed E-state index contributed by atoms with van der Waals surface area (Å²) >= 11 is 0. The van der Waals surface area contributed by atoms with Crippen molar-refractivity contribution in [3.8, 4) is 11.5 Å². The minimum Gasteiger partial charge on any atom is -0.493 e. The summed E-state index contributed by atoms with van der Waals surface area (Å²) in [6.07, 6.45) is 0.854. The maximum Gasteiger partial charge on any atom is 0.254 e. The number of likely N-dealkylation sites (N-methyl/N-ethyl adjacent to an activating group) is 1. The van der Waals surface area contributed by atoms with Gasteiger partial charge in [-0.15, -0.1) is 0 Å². The summed E-state index contributed by atoms with van der Waals surface area (Å²) in [7, 11) is 3.01. The van der Waals surface area contributed by atoms with Gasteiger partial charge in [-0.1, -0.05) is 13.0 Å². The van der Waals surface area contributed by atoms with Crippen molar-refractivity contribution in [1.82, 2.24) is 4.90 Å². The molecule has 0 saturated heterocycles. The van der Waals surface area contributed by atoms with Crippen LogP contribution in [0.3, 0.4) is 0 Å². The Bertz CT molecular complexity index is 810. The molecular formula is C20H23FN2O4. The molecule has 0 aliphatic rings. The van der Waals surface area contributed by atoms with Crippen molar-refractivity contribution in [2.45, 2.75) is 13.3 Å². The van der Waals surface area contributed by atoms with E-state index in [1.165, 1.54) is 37.3 Å². The van der Waals surface area contributed by atoms with Crippen LogP contribution >= 0.6 is 0 Å². The fourth-order valence-electron chi connectivity index (χ4n) is 2.41. The second-order valence-electron chi connectivity index (χ2n) is 5.93. The van der Waals surface area contributed by atoms with Crippen LogP contribution in [0.4, 0.5) is 10.1 Å². The number of anilines is 1. The Morgan fingerprint density at radius 1 is 1.15 bits per heavy atom. The van der Waals surface area contributed by atoms with Crippen molar-refractivity contribution in [3.63, 3.8) is 0 Å². The second kappa shape index (κ2) is 9.56. The molecule has 2 aromatic rings. The number of rotatable bonds is 8. The summed E-state index contributed by atoms with van der Waals surface area (Å²) in [6, 6.07) is 10.4. The second-order valence-corrected chi connectivity index (χ2v) is 5.93. The zero-order valence-corrected chi connectivity index (χ0v) is 15.6. The predicted octanol–water partition coefficient (Wildman–Crippen LogP) is 3.33. The first-order chi connectivity index (χ1) is 12.9. The highest BCUT2D eigenvalue weighted by molar-refractivity contribution is 5.99. The first-order valence-electron chi connectivity index (χ1n) is 8.56. The van der Waals surface area contributed by atoms with Crippen molar-refractivity contribution in [1.29, 1.82) is 0 Å². The normalized spacial score (nSPS) is 10.2. The minimum absolute atomic E-state index is 0.175. The van der Waals surface area contributed by atoms with Crippen LogP contribution in [-0.2, 0) is 4.79 Å². The van der Waals surface area contributed by atoms with Crippen LogP contribution in [0.2, 0.25) is 0 Å². The van der Waals surface area contributed by atoms with E-state index in [1.807, 2.05) is 6.92 Å². The molecule has 7 heteroatoms. The number of benzene rings is 2. The highest BCUT2D eigenvalue weighted by atomic mass is 19.1. The molecule has 2 amide bonds. The van der Waals surface area contributed by atoms with Gasteiger partial charge in [0, 0.05) is 18.3 Å². The van der Waals surface area contributed by atoms with E-state index in [2.05, 4.69) is 5.32 Å². The molecule has 144 valence electrons. The number of carbonyl (C=O) groups excluding carboxylic acids is 2. The summed E-state index contributed by atoms with van der Waals surface area (Å²) in [5.74, 6) is -0.208. The Kier molecular flexibility index (Phi) is 7.16. The van der Waals surface area contributed by atoms with Gasteiger partial charge >= 0.3 is 0 Å². The molecule has 0 aliphatic heterocycles. The average molecular weight is 374 g/mol. The first kappa shape index (κ1) is 20.2. The molecule has 0 radical (unpaired) electrons. The molecule has 0 spiro atoms. The first-order valence-corrected chi connectivity index (χ1v) is 8.56. The molecule has 0 atom stereocenters. The van der Waals surface area contributed by atoms with E-state index in [9.17, 15) is 14.0 Å². The van der Waals surface area contributed by atoms with Gasteiger partial charge in [0.15, 0.2) is 11.5 Å². The van der Waals surface area contributed by atoms with Gasteiger partial charge in [0.1, 0.15) is 5.82 Å². The van der Waals surface area contributed by atoms with Crippen LogP contribution in [0.15, 0.2) is 42.5 Å². The third-order valence-electron chi connectivity index (χ3n) is 3.71. The molecular weight excluding hydrogens is 351 g/mol. The van der Waals surface area contributed by atoms with Crippen molar-refractivity contribution in [3.05, 3.63) is 53.8 Å². The zero-order valence-electron chi connectivity index (χ0n) is 15.6. The summed E-state index contributed by atoms with van der Waals surface area (Å²) < 4.78 is 24.0. The molecule has 0 unspecified atom stereocenters. The summed E-state index contributed by atoms with van der Waals surface area (Å²) in [5, 5.41) is 2.56. The van der Waals surface area contributed by atoms with Gasteiger partial charge in [-0.3, -0.25) is 9.59 Å². The Morgan fingerprint density at radius 2 is 1.93 bits per heavy atom. The van der Waals surface area contributed by atoms with Crippen molar-refractivity contribution in [2.75, 3.05) is 32.6 Å². The molecule has 0 aliphatic carbocycles. The molecule has 0 bridgehead atoms. The lowest BCUT2D eigenvalue weighted by atomic mass is 10.1. The standard InChI is InChI=1S/C20H23FN2O4/c1-4-10-27-17-9-8-14(11-18(17)26-3)20(25)23(2)13-19(24)22-16-7-5-6-15(21)12-16/h5-9,11-12H,4,10,13H2,1-3H3,(H,22,24). The topological polar surface area (TPSA) is 67.9 Å². The highest BCUT2D eigenvalue weighted by Gasteiger charge is 2.17. The molecule has 0 fully saturated rings. The Hall–Kier alpha value is -3.09. The predicted molar refractivity (Wildman–Crippen MR) is 101 cm³/mol. The van der Waals surface area contributed by atoms with E-state index in [0.717, 1.165) is 6.42 Å². The van der Waals surface area contributed by atoms with Gasteiger partial charge in [0.25, 0.3) is 5.91 Å². The van der Waals surface area contributed by atoms with Gasteiger partial charge < -0.3 is 19.7 Å². The van der Waals surface area contributed by atoms with Crippen LogP contribution in [-0.4, -0.2) is 44.0 Å². The number of ether oxygens (including phenoxy) is 2. The van der Waals surface area contributed by atoms with E-state index < -0.39 is 11.7 Å². The molecule has 1 N–H and O–H groups in total. The SMILES string of the molecule is CCCOc1ccc(C(=O)N(C)CC(=O)Nc2cccc(F)c2)cc1OC. The Morgan fingerprint density at radius 3 is 2.59 bits per heavy atom. The van der Waals surface area contributed by atoms with Crippen LogP contribution in [0.25, 0.3) is 0 Å². The maximum atomic E-state index is 13.2. The van der Waals surface area contributed by atoms with E-state index in [4.69, 9.17) is 9.47 Å². The molecule has 0 aromatic heterocycles. The van der Waals surface area contributed by atoms with Crippen LogP contribution in [0, 0.1) is 5.82 Å². The molecule has 6 nitrogen and oxygen atoms in total. The molecule has 2 rings (SSSR count). The number of hydrogen-bond acceptors (Lipinski definition) is 4. The summed E-state index contributed by atoms with van der Waals surface area (Å²) in [4.78, 5) is 25.9. The number of hydrogen-bond donors (Lipinski definition) is 1. The fourth-order valence-corrected chi connectivity index (χ4v) is 2.41. The van der Waals surface area contributed by atoms with Gasteiger partial charge in [0.05, 0.1) is 20.3 Å². The third-order valence-corrected chi connectivity index (χ3v) is 3.71. The molecule has 27 heavy (non-hydrogen) atoms. The van der Waals surface area contributed by atoms with E-state index in [-0.39, 0.29) is 12.5 Å². The van der Waals surface area contributed by atoms with Gasteiger partial charge in [0.2, 0.25) is 5.91 Å². The van der Waals surface area contributed by atoms with E-state index >= 15 is 0 Å². The third kappa shape index (κ3) is 5.70. The summed E-state index contributed by atoms with van der Waals surface area (Å²) in [5.41, 5.74) is 0.705. The Labute approximate surface area is 157 Å². The van der Waals surface area contributed by atoms with Gasteiger partial charge in [-0.2, -0.15) is 0 Å². The number of amides is 2. The number of carbonyl (C=O) groups is 2. The Balaban J connectivity index is 2.02. The monoisotopic (exact) mass is 374 g/mol. The smallest absolute Gasteiger partial charge is 0.254 e. The fraction of sp³-hybridized carbons (Fsp3) is 0.300. The molecule has 0 saturated carbocycles. The summed E-state index contributed by atoms with van der Waals surface area (Å²) in [6.45, 7) is 2.36. The quantitative estimate of drug-likeness (QED) is 0.770. The number of nitrogens with one attached hydrogen (secondary N) is 1. The van der Waals surface area contributed by atoms with Gasteiger partial charge in [-0.05, 0) is 42.8 Å². The number of methoxy groups -OCH3 is 1. The number of halogens is 1. The zero-order chi connectivity index (χ0) is 19.8. The lowest BCUT2D eigenvalue weighted by molar-refractivity contribution is -0.116. The van der Waals surface area contributed by atoms with Crippen LogP contribution < -0.4 is 14.8 Å². The highest BCUT2D eigenvalue weighted by Crippen LogP contribution is 2.28. The van der Waals surface area contributed by atoms with Crippen molar-refractivity contribution >= 4 is 17.5 Å². The molecule has 0 heterocycles. The lowest BCUT2D eigenvalue weighted by Gasteiger charge is -2.18. The van der Waals surface area contributed by atoms with E-state index in [0.29, 0.717) is 29.4 Å². The minimum atomic E-state index is -0.449. The largest absolute Gasteiger partial charge is 0.493 e. The maximum absolute atomic E-state index is 13.2. The lowest BCUT2D eigenvalue weighted by Crippen LogP contribution is -2.34. The van der Waals surface area contributed by atoms with Crippen molar-refractivity contribution in [2.24, 2.45) is 0 Å². The average Bonchev–Trinajstić information content (AvgIpc) is 2.65. The van der Waals surface area contributed by atoms with E-state index in [1.54, 1.807) is 24.3 Å². The number of nitrogens with zero attached hydrogens (tertiary/aromatic N) is 1. The van der Waals surface area contributed by atoms with Crippen LogP contribution in [0.1, 0.15) is 23.7 Å². The molecule has 2 aromatic carbocycles. The van der Waals surface area contributed by atoms with Crippen molar-refractivity contribution < 1.29 is 23.5 Å².